The van der Waals surface area contributed by atoms with Gasteiger partial charge in [-0.3, -0.25) is 9.59 Å². The van der Waals surface area contributed by atoms with E-state index in [9.17, 15) is 9.59 Å². The lowest BCUT2D eigenvalue weighted by Gasteiger charge is -2.24. The fraction of sp³-hybridized carbons (Fsp3) is 0.250. The Morgan fingerprint density at radius 3 is 2.68 bits per heavy atom. The lowest BCUT2D eigenvalue weighted by molar-refractivity contribution is -0.151. The number of nitrogens with one attached hydrogen (secondary N) is 1. The second-order valence-electron chi connectivity index (χ2n) is 4.01. The summed E-state index contributed by atoms with van der Waals surface area (Å²) in [5, 5.41) is 8.25. The van der Waals surface area contributed by atoms with E-state index in [1.165, 1.54) is 7.11 Å². The Labute approximate surface area is 114 Å². The van der Waals surface area contributed by atoms with E-state index in [1.54, 1.807) is 24.3 Å². The average Bonchev–Trinajstić information content (AvgIpc) is 2.79. The van der Waals surface area contributed by atoms with E-state index >= 15 is 0 Å². The van der Waals surface area contributed by atoms with Crippen LogP contribution in [-0.4, -0.2) is 33.3 Å². The molecule has 2 aromatic rings. The molecule has 100 valence electrons. The maximum atomic E-state index is 11.7. The number of carbonyl (C=O) groups is 2. The number of para-hydroxylation sites is 2. The van der Waals surface area contributed by atoms with Crippen LogP contribution in [-0.2, 0) is 19.9 Å². The van der Waals surface area contributed by atoms with E-state index in [-0.39, 0.29) is 5.82 Å². The van der Waals surface area contributed by atoms with Crippen molar-refractivity contribution >= 4 is 34.7 Å². The molecule has 0 bridgehead atoms. The standard InChI is InChI=1S/C12H12N2O4S/c1-18-12(11(17)19,6-9(15)16)10-13-7-4-2-3-5-8(7)14-10/h2-5H,6H2,1H3,(H,13,14)(H,15,16)(H,17,19). The summed E-state index contributed by atoms with van der Waals surface area (Å²) in [6, 6.07) is 7.12. The monoisotopic (exact) mass is 280 g/mol. The predicted molar refractivity (Wildman–Crippen MR) is 71.0 cm³/mol. The number of aliphatic carboxylic acids is 1. The molecule has 0 fully saturated rings. The molecule has 2 N–H and O–H groups in total. The summed E-state index contributed by atoms with van der Waals surface area (Å²) in [7, 11) is 1.25. The van der Waals surface area contributed by atoms with Crippen LogP contribution in [0.15, 0.2) is 24.3 Å². The molecule has 0 saturated carbocycles. The third-order valence-corrected chi connectivity index (χ3v) is 3.23. The molecule has 0 saturated heterocycles. The van der Waals surface area contributed by atoms with Crippen molar-refractivity contribution in [2.45, 2.75) is 12.0 Å². The Hall–Kier alpha value is -1.86. The molecule has 6 nitrogen and oxygen atoms in total. The molecule has 1 aromatic heterocycles. The van der Waals surface area contributed by atoms with Gasteiger partial charge < -0.3 is 14.8 Å². The van der Waals surface area contributed by atoms with Gasteiger partial charge in [-0.25, -0.2) is 4.98 Å². The summed E-state index contributed by atoms with van der Waals surface area (Å²) >= 11 is 3.74. The summed E-state index contributed by atoms with van der Waals surface area (Å²) in [4.78, 5) is 29.8. The van der Waals surface area contributed by atoms with Crippen LogP contribution in [0.25, 0.3) is 11.0 Å². The molecule has 0 aliphatic rings. The van der Waals surface area contributed by atoms with Crippen LogP contribution >= 0.6 is 12.6 Å². The Bertz CT molecular complexity index is 606. The Balaban J connectivity index is 2.59. The van der Waals surface area contributed by atoms with Crippen molar-refractivity contribution in [3.05, 3.63) is 30.1 Å². The highest BCUT2D eigenvalue weighted by atomic mass is 32.1. The van der Waals surface area contributed by atoms with Crippen molar-refractivity contribution in [2.24, 2.45) is 0 Å². The second kappa shape index (κ2) is 5.02. The van der Waals surface area contributed by atoms with E-state index in [2.05, 4.69) is 22.6 Å². The summed E-state index contributed by atoms with van der Waals surface area (Å²) in [6.45, 7) is 0. The normalized spacial score (nSPS) is 14.2. The number of benzene rings is 1. The minimum atomic E-state index is -1.71. The second-order valence-corrected chi connectivity index (χ2v) is 4.42. The number of thiol groups is 1. The van der Waals surface area contributed by atoms with Crippen LogP contribution in [0.3, 0.4) is 0 Å². The van der Waals surface area contributed by atoms with Gasteiger partial charge >= 0.3 is 5.97 Å². The van der Waals surface area contributed by atoms with Gasteiger partial charge in [0.2, 0.25) is 10.7 Å². The number of methoxy groups -OCH3 is 1. The van der Waals surface area contributed by atoms with Crippen LogP contribution in [0.1, 0.15) is 12.2 Å². The number of carbonyl (C=O) groups excluding carboxylic acids is 1. The molecule has 0 radical (unpaired) electrons. The van der Waals surface area contributed by atoms with E-state index in [1.807, 2.05) is 0 Å². The number of aromatic nitrogens is 2. The highest BCUT2D eigenvalue weighted by molar-refractivity contribution is 7.96. The van der Waals surface area contributed by atoms with Gasteiger partial charge in [-0.2, -0.15) is 0 Å². The quantitative estimate of drug-likeness (QED) is 0.719. The average molecular weight is 280 g/mol. The van der Waals surface area contributed by atoms with Crippen LogP contribution in [0, 0.1) is 0 Å². The maximum absolute atomic E-state index is 11.7. The summed E-state index contributed by atoms with van der Waals surface area (Å²) < 4.78 is 5.13. The summed E-state index contributed by atoms with van der Waals surface area (Å²) in [5.74, 6) is -1.04. The van der Waals surface area contributed by atoms with Gasteiger partial charge in [0.05, 0.1) is 17.5 Å². The molecule has 1 heterocycles. The zero-order valence-corrected chi connectivity index (χ0v) is 11.0. The molecular formula is C12H12N2O4S. The molecule has 2 rings (SSSR count). The Kier molecular flexibility index (Phi) is 3.59. The van der Waals surface area contributed by atoms with Crippen molar-refractivity contribution in [3.8, 4) is 0 Å². The number of H-pyrrole nitrogens is 1. The van der Waals surface area contributed by atoms with Crippen molar-refractivity contribution < 1.29 is 19.4 Å². The van der Waals surface area contributed by atoms with Crippen molar-refractivity contribution in [1.82, 2.24) is 9.97 Å². The number of aromatic amines is 1. The molecule has 0 aliphatic carbocycles. The maximum Gasteiger partial charge on any atom is 0.307 e. The molecule has 0 amide bonds. The summed E-state index contributed by atoms with van der Waals surface area (Å²) in [5.41, 5.74) is -0.397. The first-order valence-corrected chi connectivity index (χ1v) is 5.90. The van der Waals surface area contributed by atoms with Crippen LogP contribution in [0.5, 0.6) is 0 Å². The Morgan fingerprint density at radius 1 is 1.47 bits per heavy atom. The zero-order valence-electron chi connectivity index (χ0n) is 10.1. The van der Waals surface area contributed by atoms with Gasteiger partial charge in [-0.05, 0) is 12.1 Å². The highest BCUT2D eigenvalue weighted by Gasteiger charge is 2.44. The van der Waals surface area contributed by atoms with Gasteiger partial charge in [0.1, 0.15) is 5.82 Å². The number of carboxylic acid groups (broad SMARTS) is 1. The first kappa shape index (κ1) is 13.6. The molecule has 1 aromatic carbocycles. The van der Waals surface area contributed by atoms with Crippen molar-refractivity contribution in [1.29, 1.82) is 0 Å². The fourth-order valence-corrected chi connectivity index (χ4v) is 2.15. The number of carboxylic acids is 1. The van der Waals surface area contributed by atoms with Gasteiger partial charge in [0, 0.05) is 7.11 Å². The third kappa shape index (κ3) is 2.34. The lowest BCUT2D eigenvalue weighted by atomic mass is 10.0. The molecule has 0 aliphatic heterocycles. The molecular weight excluding hydrogens is 268 g/mol. The van der Waals surface area contributed by atoms with Gasteiger partial charge in [0.15, 0.2) is 0 Å². The minimum absolute atomic E-state index is 0.138. The number of hydrogen-bond acceptors (Lipinski definition) is 4. The number of imidazole rings is 1. The number of ether oxygens (including phenoxy) is 1. The topological polar surface area (TPSA) is 92.3 Å². The molecule has 0 spiro atoms. The lowest BCUT2D eigenvalue weighted by Crippen LogP contribution is -2.38. The van der Waals surface area contributed by atoms with Gasteiger partial charge in [0.25, 0.3) is 0 Å². The van der Waals surface area contributed by atoms with Crippen LogP contribution in [0.4, 0.5) is 0 Å². The first-order valence-electron chi connectivity index (χ1n) is 5.45. The van der Waals surface area contributed by atoms with E-state index in [4.69, 9.17) is 9.84 Å². The minimum Gasteiger partial charge on any atom is -0.481 e. The van der Waals surface area contributed by atoms with Crippen molar-refractivity contribution in [2.75, 3.05) is 7.11 Å². The van der Waals surface area contributed by atoms with Gasteiger partial charge in [-0.15, -0.1) is 12.6 Å². The van der Waals surface area contributed by atoms with Crippen molar-refractivity contribution in [3.63, 3.8) is 0 Å². The van der Waals surface area contributed by atoms with E-state index < -0.39 is 23.1 Å². The van der Waals surface area contributed by atoms with E-state index in [0.29, 0.717) is 11.0 Å². The Morgan fingerprint density at radius 2 is 2.16 bits per heavy atom. The fourth-order valence-electron chi connectivity index (χ4n) is 1.87. The SMILES string of the molecule is COC(CC(=O)O)(C(=O)S)c1nc2ccccc2[nH]1. The molecule has 1 unspecified atom stereocenters. The predicted octanol–water partition coefficient (Wildman–Crippen LogP) is 1.34. The number of rotatable bonds is 5. The number of fused-ring (bicyclic) bond motifs is 1. The smallest absolute Gasteiger partial charge is 0.307 e. The third-order valence-electron chi connectivity index (χ3n) is 2.87. The molecule has 1 atom stereocenters. The van der Waals surface area contributed by atoms with E-state index in [0.717, 1.165) is 0 Å². The zero-order chi connectivity index (χ0) is 14.0. The van der Waals surface area contributed by atoms with Crippen LogP contribution in [0.2, 0.25) is 0 Å². The largest absolute Gasteiger partial charge is 0.481 e. The summed E-state index contributed by atoms with van der Waals surface area (Å²) in [6.07, 6.45) is -0.550. The highest BCUT2D eigenvalue weighted by Crippen LogP contribution is 2.31. The van der Waals surface area contributed by atoms with Crippen LogP contribution < -0.4 is 0 Å². The number of nitrogens with zero attached hydrogens (tertiary/aromatic N) is 1. The molecule has 19 heavy (non-hydrogen) atoms. The number of hydrogen-bond donors (Lipinski definition) is 3. The van der Waals surface area contributed by atoms with Gasteiger partial charge in [-0.1, -0.05) is 12.1 Å². The molecule has 7 heteroatoms. The first-order chi connectivity index (χ1) is 8.99.